The molecule has 1 N–H and O–H groups in total. The van der Waals surface area contributed by atoms with E-state index in [9.17, 15) is 4.79 Å². The van der Waals surface area contributed by atoms with Crippen LogP contribution in [0.1, 0.15) is 15.9 Å². The predicted molar refractivity (Wildman–Crippen MR) is 125 cm³/mol. The van der Waals surface area contributed by atoms with E-state index >= 15 is 0 Å². The summed E-state index contributed by atoms with van der Waals surface area (Å²) in [7, 11) is 3.26. The maximum absolute atomic E-state index is 13.1. The van der Waals surface area contributed by atoms with Gasteiger partial charge in [0, 0.05) is 18.3 Å². The number of carbonyl (C=O) groups excluding carboxylic acids is 1. The second-order valence-corrected chi connectivity index (χ2v) is 7.23. The summed E-state index contributed by atoms with van der Waals surface area (Å²) < 4.78 is 12.4. The van der Waals surface area contributed by atoms with Gasteiger partial charge in [-0.1, -0.05) is 42.5 Å². The average molecular weight is 428 g/mol. The van der Waals surface area contributed by atoms with Gasteiger partial charge < -0.3 is 14.8 Å². The van der Waals surface area contributed by atoms with Crippen molar-refractivity contribution in [2.45, 2.75) is 6.42 Å². The van der Waals surface area contributed by atoms with Crippen LogP contribution in [0.15, 0.2) is 85.1 Å². The SMILES string of the molecule is COc1ccc(CCNC(=O)c2cn(-c3ccccc3)nc2-c2ccccc2OC)cc1. The first-order valence-electron chi connectivity index (χ1n) is 10.4. The lowest BCUT2D eigenvalue weighted by molar-refractivity contribution is 0.0954. The summed E-state index contributed by atoms with van der Waals surface area (Å²) in [5.41, 5.74) is 3.84. The number of nitrogens with zero attached hydrogens (tertiary/aromatic N) is 2. The van der Waals surface area contributed by atoms with E-state index in [1.165, 1.54) is 0 Å². The molecule has 0 saturated carbocycles. The van der Waals surface area contributed by atoms with Crippen molar-refractivity contribution in [3.63, 3.8) is 0 Å². The quantitative estimate of drug-likeness (QED) is 0.449. The fourth-order valence-corrected chi connectivity index (χ4v) is 3.50. The zero-order valence-electron chi connectivity index (χ0n) is 18.1. The second-order valence-electron chi connectivity index (χ2n) is 7.23. The molecule has 4 aromatic rings. The maximum Gasteiger partial charge on any atom is 0.255 e. The molecule has 6 heteroatoms. The van der Waals surface area contributed by atoms with Crippen LogP contribution >= 0.6 is 0 Å². The Morgan fingerprint density at radius 1 is 0.906 bits per heavy atom. The molecule has 0 aliphatic heterocycles. The molecule has 0 atom stereocenters. The van der Waals surface area contributed by atoms with Crippen molar-refractivity contribution in [1.82, 2.24) is 15.1 Å². The van der Waals surface area contributed by atoms with Gasteiger partial charge in [0.25, 0.3) is 5.91 Å². The van der Waals surface area contributed by atoms with E-state index in [1.807, 2.05) is 78.9 Å². The molecule has 32 heavy (non-hydrogen) atoms. The van der Waals surface area contributed by atoms with Gasteiger partial charge in [0.1, 0.15) is 17.2 Å². The molecule has 1 heterocycles. The van der Waals surface area contributed by atoms with E-state index in [0.29, 0.717) is 30.0 Å². The van der Waals surface area contributed by atoms with E-state index in [4.69, 9.17) is 14.6 Å². The Labute approximate surface area is 187 Å². The van der Waals surface area contributed by atoms with Crippen molar-refractivity contribution in [2.75, 3.05) is 20.8 Å². The van der Waals surface area contributed by atoms with Crippen LogP contribution in [0.3, 0.4) is 0 Å². The molecule has 162 valence electrons. The molecule has 0 bridgehead atoms. The minimum atomic E-state index is -0.179. The zero-order valence-corrected chi connectivity index (χ0v) is 18.1. The molecule has 0 aliphatic carbocycles. The Morgan fingerprint density at radius 3 is 2.34 bits per heavy atom. The largest absolute Gasteiger partial charge is 0.497 e. The van der Waals surface area contributed by atoms with Gasteiger partial charge in [-0.25, -0.2) is 4.68 Å². The molecule has 0 fully saturated rings. The van der Waals surface area contributed by atoms with Crippen LogP contribution in [0.25, 0.3) is 16.9 Å². The molecule has 0 unspecified atom stereocenters. The number of hydrogen-bond acceptors (Lipinski definition) is 4. The molecule has 3 aromatic carbocycles. The van der Waals surface area contributed by atoms with Crippen LogP contribution < -0.4 is 14.8 Å². The summed E-state index contributed by atoms with van der Waals surface area (Å²) in [5.74, 6) is 1.30. The van der Waals surface area contributed by atoms with E-state index in [0.717, 1.165) is 22.6 Å². The van der Waals surface area contributed by atoms with E-state index in [-0.39, 0.29) is 5.91 Å². The number of carbonyl (C=O) groups is 1. The highest BCUT2D eigenvalue weighted by molar-refractivity contribution is 6.00. The number of benzene rings is 3. The summed E-state index contributed by atoms with van der Waals surface area (Å²) in [5, 5.41) is 7.75. The minimum Gasteiger partial charge on any atom is -0.497 e. The molecule has 4 rings (SSSR count). The Kier molecular flexibility index (Phi) is 6.51. The number of amides is 1. The summed E-state index contributed by atoms with van der Waals surface area (Å²) in [6, 6.07) is 25.1. The van der Waals surface area contributed by atoms with Crippen LogP contribution in [-0.2, 0) is 6.42 Å². The zero-order chi connectivity index (χ0) is 22.3. The third kappa shape index (κ3) is 4.64. The number of rotatable bonds is 8. The Morgan fingerprint density at radius 2 is 1.62 bits per heavy atom. The van der Waals surface area contributed by atoms with Gasteiger partial charge in [0.15, 0.2) is 0 Å². The lowest BCUT2D eigenvalue weighted by atomic mass is 10.1. The third-order valence-electron chi connectivity index (χ3n) is 5.20. The van der Waals surface area contributed by atoms with Crippen LogP contribution in [0, 0.1) is 0 Å². The predicted octanol–water partition coefficient (Wildman–Crippen LogP) is 4.53. The fourth-order valence-electron chi connectivity index (χ4n) is 3.50. The molecule has 0 spiro atoms. The highest BCUT2D eigenvalue weighted by Crippen LogP contribution is 2.31. The van der Waals surface area contributed by atoms with Crippen LogP contribution in [0.4, 0.5) is 0 Å². The van der Waals surface area contributed by atoms with Gasteiger partial charge in [0.05, 0.1) is 25.5 Å². The number of methoxy groups -OCH3 is 2. The summed E-state index contributed by atoms with van der Waals surface area (Å²) in [6.45, 7) is 0.507. The molecule has 6 nitrogen and oxygen atoms in total. The first kappa shape index (κ1) is 21.2. The molecule has 1 aromatic heterocycles. The first-order chi connectivity index (χ1) is 15.7. The lowest BCUT2D eigenvalue weighted by Gasteiger charge is -2.09. The van der Waals surface area contributed by atoms with Crippen LogP contribution in [0.2, 0.25) is 0 Å². The summed E-state index contributed by atoms with van der Waals surface area (Å²) in [4.78, 5) is 13.1. The highest BCUT2D eigenvalue weighted by atomic mass is 16.5. The van der Waals surface area contributed by atoms with Crippen LogP contribution in [0.5, 0.6) is 11.5 Å². The van der Waals surface area contributed by atoms with Gasteiger partial charge in [0.2, 0.25) is 0 Å². The number of para-hydroxylation sites is 2. The number of ether oxygens (including phenoxy) is 2. The van der Waals surface area contributed by atoms with Crippen molar-refractivity contribution in [3.8, 4) is 28.4 Å². The van der Waals surface area contributed by atoms with Crippen molar-refractivity contribution < 1.29 is 14.3 Å². The lowest BCUT2D eigenvalue weighted by Crippen LogP contribution is -2.25. The van der Waals surface area contributed by atoms with Crippen LogP contribution in [-0.4, -0.2) is 36.5 Å². The number of aromatic nitrogens is 2. The van der Waals surface area contributed by atoms with Crippen molar-refractivity contribution >= 4 is 5.91 Å². The normalized spacial score (nSPS) is 10.6. The molecule has 1 amide bonds. The van der Waals surface area contributed by atoms with Gasteiger partial charge in [-0.3, -0.25) is 4.79 Å². The molecular weight excluding hydrogens is 402 g/mol. The van der Waals surface area contributed by atoms with Gasteiger partial charge >= 0.3 is 0 Å². The maximum atomic E-state index is 13.1. The summed E-state index contributed by atoms with van der Waals surface area (Å²) in [6.07, 6.45) is 2.48. The fraction of sp³-hybridized carbons (Fsp3) is 0.154. The van der Waals surface area contributed by atoms with E-state index in [1.54, 1.807) is 25.1 Å². The third-order valence-corrected chi connectivity index (χ3v) is 5.20. The van der Waals surface area contributed by atoms with Gasteiger partial charge in [-0.2, -0.15) is 5.10 Å². The van der Waals surface area contributed by atoms with Crippen molar-refractivity contribution in [2.24, 2.45) is 0 Å². The topological polar surface area (TPSA) is 65.4 Å². The molecule has 0 radical (unpaired) electrons. The number of nitrogens with one attached hydrogen (secondary N) is 1. The smallest absolute Gasteiger partial charge is 0.255 e. The number of hydrogen-bond donors (Lipinski definition) is 1. The molecule has 0 saturated heterocycles. The monoisotopic (exact) mass is 427 g/mol. The standard InChI is InChI=1S/C26H25N3O3/c1-31-21-14-12-19(13-15-21)16-17-27-26(30)23-18-29(20-8-4-3-5-9-20)28-25(23)22-10-6-7-11-24(22)32-2/h3-15,18H,16-17H2,1-2H3,(H,27,30). The minimum absolute atomic E-state index is 0.179. The summed E-state index contributed by atoms with van der Waals surface area (Å²) >= 11 is 0. The van der Waals surface area contributed by atoms with Crippen molar-refractivity contribution in [1.29, 1.82) is 0 Å². The van der Waals surface area contributed by atoms with E-state index in [2.05, 4.69) is 5.32 Å². The Balaban J connectivity index is 1.59. The molecule has 0 aliphatic rings. The second kappa shape index (κ2) is 9.83. The van der Waals surface area contributed by atoms with Gasteiger partial charge in [-0.15, -0.1) is 0 Å². The first-order valence-corrected chi connectivity index (χ1v) is 10.4. The van der Waals surface area contributed by atoms with Gasteiger partial charge in [-0.05, 0) is 48.4 Å². The Bertz CT molecular complexity index is 1180. The Hall–Kier alpha value is -4.06. The molecular formula is C26H25N3O3. The van der Waals surface area contributed by atoms with Crippen molar-refractivity contribution in [3.05, 3.63) is 96.2 Å². The van der Waals surface area contributed by atoms with E-state index < -0.39 is 0 Å². The highest BCUT2D eigenvalue weighted by Gasteiger charge is 2.20. The average Bonchev–Trinajstić information content (AvgIpc) is 3.30.